The Labute approximate surface area is 276 Å². The van der Waals surface area contributed by atoms with Crippen molar-refractivity contribution in [3.05, 3.63) is 36.4 Å². The quantitative estimate of drug-likeness (QED) is 0.229. The molecule has 4 nitrogen and oxygen atoms in total. The van der Waals surface area contributed by atoms with E-state index in [0.717, 1.165) is 60.1 Å². The van der Waals surface area contributed by atoms with Crippen LogP contribution in [0.2, 0.25) is 0 Å². The summed E-state index contributed by atoms with van der Waals surface area (Å²) >= 11 is 29.4. The minimum Gasteiger partial charge on any atom is -0.355 e. The Morgan fingerprint density at radius 2 is 0.667 bits per heavy atom. The van der Waals surface area contributed by atoms with E-state index in [2.05, 4.69) is 138 Å². The maximum atomic E-state index is 7.35. The molecule has 42 heavy (non-hydrogen) atoms. The van der Waals surface area contributed by atoms with Gasteiger partial charge < -0.3 is 18.3 Å². The van der Waals surface area contributed by atoms with Crippen LogP contribution >= 0.6 is 44.3 Å². The Kier molecular flexibility index (Phi) is 8.89. The van der Waals surface area contributed by atoms with Crippen LogP contribution in [0, 0.1) is 21.7 Å². The molecule has 2 aromatic rings. The molecule has 0 N–H and O–H groups in total. The molecule has 2 aliphatic heterocycles. The molecular weight excluding hydrogens is 638 g/mol. The summed E-state index contributed by atoms with van der Waals surface area (Å²) in [7, 11) is -5.97. The van der Waals surface area contributed by atoms with Crippen LogP contribution in [0.25, 0.3) is 11.1 Å². The highest BCUT2D eigenvalue weighted by molar-refractivity contribution is 7.49. The van der Waals surface area contributed by atoms with Crippen LogP contribution in [0.1, 0.15) is 83.1 Å². The van der Waals surface area contributed by atoms with Gasteiger partial charge in [-0.25, -0.2) is 0 Å². The van der Waals surface area contributed by atoms with Crippen LogP contribution in [0.5, 0.6) is 0 Å². The Balaban J connectivity index is 1.84. The molecule has 0 saturated heterocycles. The van der Waals surface area contributed by atoms with Crippen LogP contribution in [0.15, 0.2) is 36.4 Å². The lowest BCUT2D eigenvalue weighted by Crippen LogP contribution is -2.58. The third kappa shape index (κ3) is 7.20. The number of halogens is 4. The third-order valence-corrected chi connectivity index (χ3v) is 16.4. The summed E-state index contributed by atoms with van der Waals surface area (Å²) in [6.07, 6.45) is 0. The number of rotatable bonds is 5. The molecule has 0 fully saturated rings. The van der Waals surface area contributed by atoms with Crippen molar-refractivity contribution in [1.82, 2.24) is 0 Å². The Hall–Kier alpha value is -0.766. The fourth-order valence-corrected chi connectivity index (χ4v) is 14.5. The first-order chi connectivity index (χ1) is 18.8. The smallest absolute Gasteiger partial charge is 0.355 e. The molecule has 0 aliphatic carbocycles. The van der Waals surface area contributed by atoms with Gasteiger partial charge in [0.2, 0.25) is 0 Å². The van der Waals surface area contributed by atoms with Crippen LogP contribution in [0.3, 0.4) is 0 Å². The summed E-state index contributed by atoms with van der Waals surface area (Å²) in [5.74, 6) is 0. The van der Waals surface area contributed by atoms with Crippen LogP contribution in [-0.4, -0.2) is 40.2 Å². The normalized spacial score (nSPS) is 18.6. The number of fused-ring (bicyclic) bond motifs is 2. The van der Waals surface area contributed by atoms with E-state index >= 15 is 0 Å². The lowest BCUT2D eigenvalue weighted by atomic mass is 9.95. The number of hydrogen-bond donors (Lipinski definition) is 0. The van der Waals surface area contributed by atoms with Gasteiger partial charge in [0.1, 0.15) is 0 Å². The number of hydrogen-bond acceptors (Lipinski definition) is 4. The molecule has 0 unspecified atom stereocenters. The first-order valence-corrected chi connectivity index (χ1v) is 22.8. The van der Waals surface area contributed by atoms with E-state index in [-0.39, 0.29) is 21.7 Å². The van der Waals surface area contributed by atoms with Gasteiger partial charge in [0.05, 0.1) is 22.7 Å². The highest BCUT2D eigenvalue weighted by Gasteiger charge is 2.55. The summed E-state index contributed by atoms with van der Waals surface area (Å²) in [5.41, 5.74) is 6.88. The fourth-order valence-electron chi connectivity index (χ4n) is 5.78. The largest absolute Gasteiger partial charge is 0.470 e. The highest BCUT2D eigenvalue weighted by atomic mass is 35.7. The first kappa shape index (κ1) is 34.1. The average Bonchev–Trinajstić information content (AvgIpc) is 3.09. The predicted octanol–water partition coefficient (Wildman–Crippen LogP) is 10.6. The van der Waals surface area contributed by atoms with Crippen LogP contribution in [-0.2, 0) is 0 Å². The first-order valence-electron chi connectivity index (χ1n) is 14.9. The molecule has 234 valence electrons. The van der Waals surface area contributed by atoms with Crippen molar-refractivity contribution in [2.75, 3.05) is 44.4 Å². The monoisotopic (exact) mass is 686 g/mol. The lowest BCUT2D eigenvalue weighted by molar-refractivity contribution is 0.424. The van der Waals surface area contributed by atoms with E-state index in [0.29, 0.717) is 0 Å². The molecule has 0 spiro atoms. The SMILES string of the molecule is CC(C)(C)CN1c2ccc(-c3ccc4c(c3)N(CC(C)(C)C)[Si](Cl)(Cl)N4CC(C)(C)C)cc2N(CC(C)(C)C)[Si]1(Cl)Cl. The van der Waals surface area contributed by atoms with Crippen molar-refractivity contribution in [2.24, 2.45) is 21.7 Å². The maximum Gasteiger partial charge on any atom is 0.470 e. The molecular formula is C32H50Cl4N4Si2. The van der Waals surface area contributed by atoms with Crippen LogP contribution < -0.4 is 18.3 Å². The van der Waals surface area contributed by atoms with E-state index < -0.39 is 14.0 Å². The molecule has 4 rings (SSSR count). The number of benzene rings is 2. The van der Waals surface area contributed by atoms with E-state index in [1.54, 1.807) is 0 Å². The minimum atomic E-state index is -2.99. The zero-order valence-corrected chi connectivity index (χ0v) is 32.6. The molecule has 2 aliphatic rings. The topological polar surface area (TPSA) is 13.0 Å². The molecule has 0 aromatic heterocycles. The van der Waals surface area contributed by atoms with Gasteiger partial charge in [0.25, 0.3) is 0 Å². The maximum absolute atomic E-state index is 7.35. The molecule has 0 atom stereocenters. The van der Waals surface area contributed by atoms with Crippen molar-refractivity contribution in [1.29, 1.82) is 0 Å². The molecule has 0 amide bonds. The summed E-state index contributed by atoms with van der Waals surface area (Å²) in [6.45, 7) is 30.0. The second-order valence-electron chi connectivity index (χ2n) is 17.0. The van der Waals surface area contributed by atoms with Gasteiger partial charge in [-0.05, 0) is 57.1 Å². The van der Waals surface area contributed by atoms with Crippen molar-refractivity contribution in [2.45, 2.75) is 83.1 Å². The van der Waals surface area contributed by atoms with Gasteiger partial charge >= 0.3 is 14.0 Å². The number of nitrogens with zero attached hydrogens (tertiary/aromatic N) is 4. The van der Waals surface area contributed by atoms with Gasteiger partial charge in [0, 0.05) is 26.2 Å². The summed E-state index contributed by atoms with van der Waals surface area (Å²) in [5, 5.41) is 0. The van der Waals surface area contributed by atoms with E-state index in [9.17, 15) is 0 Å². The second-order valence-corrected chi connectivity index (χ2v) is 28.7. The highest BCUT2D eigenvalue weighted by Crippen LogP contribution is 2.52. The molecule has 2 heterocycles. The molecule has 0 bridgehead atoms. The summed E-state index contributed by atoms with van der Waals surface area (Å²) in [6, 6.07) is 13.4. The van der Waals surface area contributed by atoms with Crippen molar-refractivity contribution in [3.8, 4) is 11.1 Å². The zero-order valence-electron chi connectivity index (χ0n) is 27.6. The predicted molar refractivity (Wildman–Crippen MR) is 194 cm³/mol. The minimum absolute atomic E-state index is 0.0270. The number of anilines is 4. The summed E-state index contributed by atoms with van der Waals surface area (Å²) < 4.78 is 9.14. The fraction of sp³-hybridized carbons (Fsp3) is 0.625. The Morgan fingerprint density at radius 3 is 0.905 bits per heavy atom. The molecule has 10 heteroatoms. The Bertz CT molecular complexity index is 1220. The van der Waals surface area contributed by atoms with E-state index in [1.165, 1.54) is 0 Å². The molecule has 0 radical (unpaired) electrons. The molecule has 2 aromatic carbocycles. The van der Waals surface area contributed by atoms with Crippen molar-refractivity contribution >= 4 is 81.1 Å². The summed E-state index contributed by atoms with van der Waals surface area (Å²) in [4.78, 5) is 0. The van der Waals surface area contributed by atoms with E-state index in [1.807, 2.05) is 0 Å². The van der Waals surface area contributed by atoms with Gasteiger partial charge in [-0.3, -0.25) is 0 Å². The lowest BCUT2D eigenvalue weighted by Gasteiger charge is -2.38. The zero-order chi connectivity index (χ0) is 31.8. The molecule has 0 saturated carbocycles. The Morgan fingerprint density at radius 1 is 0.429 bits per heavy atom. The van der Waals surface area contributed by atoms with E-state index in [4.69, 9.17) is 44.3 Å². The van der Waals surface area contributed by atoms with Gasteiger partial charge in [0.15, 0.2) is 0 Å². The average molecular weight is 689 g/mol. The van der Waals surface area contributed by atoms with Crippen molar-refractivity contribution in [3.63, 3.8) is 0 Å². The third-order valence-electron chi connectivity index (χ3n) is 7.28. The van der Waals surface area contributed by atoms with Gasteiger partial charge in [-0.2, -0.15) is 0 Å². The second kappa shape index (κ2) is 10.9. The van der Waals surface area contributed by atoms with Gasteiger partial charge in [-0.15, -0.1) is 0 Å². The van der Waals surface area contributed by atoms with Crippen molar-refractivity contribution < 1.29 is 0 Å². The van der Waals surface area contributed by atoms with Crippen LogP contribution in [0.4, 0.5) is 22.7 Å². The standard InChI is InChI=1S/C32H50Cl4N4Si2/c1-29(2,3)19-37-25-15-13-23(17-27(25)39(41(37,33)34)21-31(7,8)9)24-14-16-26-28(18-24)40(22-32(10,11)12)42(35,36)38(26)20-30(4,5)6/h13-18H,19-22H2,1-12H3. The van der Waals surface area contributed by atoms with Gasteiger partial charge in [-0.1, -0.05) is 140 Å².